The van der Waals surface area contributed by atoms with E-state index in [0.717, 1.165) is 45.2 Å². The summed E-state index contributed by atoms with van der Waals surface area (Å²) in [7, 11) is -3.04. The number of hydrogen-bond acceptors (Lipinski definition) is 3. The second-order valence-corrected chi connectivity index (χ2v) is 9.40. The van der Waals surface area contributed by atoms with E-state index >= 15 is 0 Å². The number of piperidine rings is 1. The minimum absolute atomic E-state index is 0.292. The van der Waals surface area contributed by atoms with Crippen LogP contribution >= 0.6 is 0 Å². The lowest BCUT2D eigenvalue weighted by molar-refractivity contribution is 0.154. The standard InChI is InChI=1S/C16H34N2O2S/c1-5-10-17-11-6-7-14-21(19,20)18-12-8-15(9-13-18)16(2,3)4/h15,17H,5-14H2,1-4H3. The fourth-order valence-corrected chi connectivity index (χ4v) is 4.56. The van der Waals surface area contributed by atoms with Crippen molar-refractivity contribution in [2.24, 2.45) is 11.3 Å². The third kappa shape index (κ3) is 6.66. The van der Waals surface area contributed by atoms with Crippen LogP contribution in [0.25, 0.3) is 0 Å². The van der Waals surface area contributed by atoms with Crippen LogP contribution in [0.5, 0.6) is 0 Å². The Morgan fingerprint density at radius 1 is 1.10 bits per heavy atom. The Morgan fingerprint density at radius 2 is 1.71 bits per heavy atom. The van der Waals surface area contributed by atoms with Crippen molar-refractivity contribution in [3.63, 3.8) is 0 Å². The molecule has 1 saturated heterocycles. The Morgan fingerprint density at radius 3 is 2.24 bits per heavy atom. The first-order chi connectivity index (χ1) is 9.77. The largest absolute Gasteiger partial charge is 0.317 e. The van der Waals surface area contributed by atoms with Gasteiger partial charge in [0.1, 0.15) is 0 Å². The first-order valence-electron chi connectivity index (χ1n) is 8.46. The summed E-state index contributed by atoms with van der Waals surface area (Å²) in [6, 6.07) is 0. The van der Waals surface area contributed by atoms with Crippen molar-refractivity contribution in [1.29, 1.82) is 0 Å². The highest BCUT2D eigenvalue weighted by molar-refractivity contribution is 7.89. The molecule has 0 aromatic rings. The maximum Gasteiger partial charge on any atom is 0.214 e. The Labute approximate surface area is 131 Å². The Hall–Kier alpha value is -0.130. The van der Waals surface area contributed by atoms with Gasteiger partial charge in [0.2, 0.25) is 10.0 Å². The highest BCUT2D eigenvalue weighted by Crippen LogP contribution is 2.34. The quantitative estimate of drug-likeness (QED) is 0.700. The van der Waals surface area contributed by atoms with Crippen LogP contribution in [0.15, 0.2) is 0 Å². The number of sulfonamides is 1. The van der Waals surface area contributed by atoms with E-state index in [0.29, 0.717) is 30.2 Å². The summed E-state index contributed by atoms with van der Waals surface area (Å²) >= 11 is 0. The maximum atomic E-state index is 12.3. The molecule has 0 unspecified atom stereocenters. The molecular formula is C16H34N2O2S. The Bertz CT molecular complexity index is 380. The lowest BCUT2D eigenvalue weighted by Crippen LogP contribution is -2.42. The number of rotatable bonds is 8. The molecule has 1 N–H and O–H groups in total. The molecule has 0 atom stereocenters. The van der Waals surface area contributed by atoms with E-state index in [4.69, 9.17) is 0 Å². The predicted molar refractivity (Wildman–Crippen MR) is 89.9 cm³/mol. The molecule has 0 spiro atoms. The van der Waals surface area contributed by atoms with Crippen LogP contribution in [0.3, 0.4) is 0 Å². The lowest BCUT2D eigenvalue weighted by atomic mass is 9.76. The first-order valence-corrected chi connectivity index (χ1v) is 10.1. The van der Waals surface area contributed by atoms with E-state index < -0.39 is 10.0 Å². The summed E-state index contributed by atoms with van der Waals surface area (Å²) in [5.74, 6) is 0.947. The Kier molecular flexibility index (Phi) is 7.65. The first kappa shape index (κ1) is 18.9. The molecule has 0 aliphatic carbocycles. The minimum atomic E-state index is -3.04. The van der Waals surface area contributed by atoms with Crippen LogP contribution < -0.4 is 5.32 Å². The normalized spacial score (nSPS) is 19.0. The van der Waals surface area contributed by atoms with E-state index in [1.54, 1.807) is 4.31 Å². The molecule has 1 fully saturated rings. The predicted octanol–water partition coefficient (Wildman–Crippen LogP) is 2.85. The van der Waals surface area contributed by atoms with E-state index in [1.165, 1.54) is 0 Å². The molecule has 1 heterocycles. The van der Waals surface area contributed by atoms with Gasteiger partial charge in [-0.25, -0.2) is 12.7 Å². The SMILES string of the molecule is CCCNCCCCS(=O)(=O)N1CCC(C(C)(C)C)CC1. The van der Waals surface area contributed by atoms with Crippen molar-refractivity contribution in [2.45, 2.75) is 59.8 Å². The van der Waals surface area contributed by atoms with E-state index in [9.17, 15) is 8.42 Å². The van der Waals surface area contributed by atoms with Crippen molar-refractivity contribution in [1.82, 2.24) is 9.62 Å². The number of hydrogen-bond donors (Lipinski definition) is 1. The van der Waals surface area contributed by atoms with Crippen molar-refractivity contribution in [3.8, 4) is 0 Å². The topological polar surface area (TPSA) is 49.4 Å². The van der Waals surface area contributed by atoms with Crippen LogP contribution in [-0.4, -0.2) is 44.7 Å². The summed E-state index contributed by atoms with van der Waals surface area (Å²) in [6.07, 6.45) is 4.83. The summed E-state index contributed by atoms with van der Waals surface area (Å²) in [5, 5.41) is 3.31. The van der Waals surface area contributed by atoms with Gasteiger partial charge >= 0.3 is 0 Å². The molecule has 1 aliphatic rings. The van der Waals surface area contributed by atoms with Crippen LogP contribution in [0.2, 0.25) is 0 Å². The van der Waals surface area contributed by atoms with Crippen molar-refractivity contribution >= 4 is 10.0 Å². The zero-order valence-electron chi connectivity index (χ0n) is 14.3. The fraction of sp³-hybridized carbons (Fsp3) is 1.00. The monoisotopic (exact) mass is 318 g/mol. The molecule has 0 aromatic heterocycles. The van der Waals surface area contributed by atoms with Gasteiger partial charge in [-0.1, -0.05) is 27.7 Å². The molecule has 1 aliphatic heterocycles. The fourth-order valence-electron chi connectivity index (χ4n) is 2.97. The molecule has 0 radical (unpaired) electrons. The van der Waals surface area contributed by atoms with Crippen LogP contribution in [0.1, 0.15) is 59.8 Å². The molecule has 21 heavy (non-hydrogen) atoms. The summed E-state index contributed by atoms with van der Waals surface area (Å²) < 4.78 is 26.4. The molecular weight excluding hydrogens is 284 g/mol. The zero-order chi connectivity index (χ0) is 15.9. The van der Waals surface area contributed by atoms with Gasteiger partial charge in [-0.05, 0) is 56.5 Å². The third-order valence-electron chi connectivity index (χ3n) is 4.50. The number of unbranched alkanes of at least 4 members (excludes halogenated alkanes) is 1. The summed E-state index contributed by atoms with van der Waals surface area (Å²) in [4.78, 5) is 0. The molecule has 1 rings (SSSR count). The van der Waals surface area contributed by atoms with Gasteiger partial charge < -0.3 is 5.32 Å². The molecule has 0 aromatic carbocycles. The average Bonchev–Trinajstić information content (AvgIpc) is 2.42. The highest BCUT2D eigenvalue weighted by Gasteiger charge is 2.32. The van der Waals surface area contributed by atoms with Crippen molar-refractivity contribution < 1.29 is 8.42 Å². The van der Waals surface area contributed by atoms with Crippen LogP contribution in [0, 0.1) is 11.3 Å². The highest BCUT2D eigenvalue weighted by atomic mass is 32.2. The number of nitrogens with zero attached hydrogens (tertiary/aromatic N) is 1. The molecule has 126 valence electrons. The van der Waals surface area contributed by atoms with E-state index in [1.807, 2.05) is 0 Å². The lowest BCUT2D eigenvalue weighted by Gasteiger charge is -2.38. The summed E-state index contributed by atoms with van der Waals surface area (Å²) in [6.45, 7) is 12.3. The van der Waals surface area contributed by atoms with Crippen LogP contribution in [0.4, 0.5) is 0 Å². The third-order valence-corrected chi connectivity index (χ3v) is 6.46. The second kappa shape index (κ2) is 8.49. The zero-order valence-corrected chi connectivity index (χ0v) is 15.1. The smallest absolute Gasteiger partial charge is 0.214 e. The molecule has 4 nitrogen and oxygen atoms in total. The molecule has 0 saturated carbocycles. The van der Waals surface area contributed by atoms with Gasteiger partial charge in [0.05, 0.1) is 5.75 Å². The van der Waals surface area contributed by atoms with Gasteiger partial charge in [-0.15, -0.1) is 0 Å². The van der Waals surface area contributed by atoms with E-state index in [-0.39, 0.29) is 0 Å². The van der Waals surface area contributed by atoms with Gasteiger partial charge in [-0.2, -0.15) is 0 Å². The maximum absolute atomic E-state index is 12.3. The number of nitrogens with one attached hydrogen (secondary N) is 1. The van der Waals surface area contributed by atoms with Gasteiger partial charge in [-0.3, -0.25) is 0 Å². The second-order valence-electron chi connectivity index (χ2n) is 7.31. The summed E-state index contributed by atoms with van der Waals surface area (Å²) in [5.41, 5.74) is 0.292. The minimum Gasteiger partial charge on any atom is -0.317 e. The van der Waals surface area contributed by atoms with Crippen molar-refractivity contribution in [3.05, 3.63) is 0 Å². The molecule has 0 bridgehead atoms. The molecule has 0 amide bonds. The molecule has 5 heteroatoms. The van der Waals surface area contributed by atoms with Gasteiger partial charge in [0.15, 0.2) is 0 Å². The van der Waals surface area contributed by atoms with Gasteiger partial charge in [0.25, 0.3) is 0 Å². The average molecular weight is 319 g/mol. The van der Waals surface area contributed by atoms with E-state index in [2.05, 4.69) is 33.0 Å². The Balaban J connectivity index is 2.29. The van der Waals surface area contributed by atoms with Gasteiger partial charge in [0, 0.05) is 13.1 Å². The van der Waals surface area contributed by atoms with Crippen LogP contribution in [-0.2, 0) is 10.0 Å². The van der Waals surface area contributed by atoms with Crippen molar-refractivity contribution in [2.75, 3.05) is 31.9 Å².